The number of nitrogens with zero attached hydrogens (tertiary/aromatic N) is 1. The molecule has 3 rings (SSSR count). The van der Waals surface area contributed by atoms with Gasteiger partial charge in [-0.05, 0) is 48.7 Å². The Balaban J connectivity index is 1.71. The Morgan fingerprint density at radius 2 is 2.00 bits per heavy atom. The van der Waals surface area contributed by atoms with Gasteiger partial charge in [0.2, 0.25) is 11.8 Å². The van der Waals surface area contributed by atoms with Crippen molar-refractivity contribution >= 4 is 23.2 Å². The molecule has 5 heteroatoms. The van der Waals surface area contributed by atoms with Crippen LogP contribution in [0.5, 0.6) is 0 Å². The number of rotatable bonds is 5. The second-order valence-corrected chi connectivity index (χ2v) is 6.75. The number of aryl methyl sites for hydroxylation is 1. The topological polar surface area (TPSA) is 58.6 Å². The first-order valence-corrected chi connectivity index (χ1v) is 8.75. The van der Waals surface area contributed by atoms with Gasteiger partial charge < -0.3 is 15.0 Å². The van der Waals surface area contributed by atoms with Crippen molar-refractivity contribution in [2.45, 2.75) is 26.9 Å². The van der Waals surface area contributed by atoms with E-state index in [2.05, 4.69) is 5.32 Å². The van der Waals surface area contributed by atoms with Gasteiger partial charge in [0.05, 0.1) is 12.5 Å². The quantitative estimate of drug-likeness (QED) is 0.897. The molecule has 2 aromatic rings. The Labute approximate surface area is 154 Å². The number of anilines is 2. The molecule has 1 aliphatic heterocycles. The summed E-state index contributed by atoms with van der Waals surface area (Å²) >= 11 is 0. The Hall–Kier alpha value is -2.66. The van der Waals surface area contributed by atoms with Gasteiger partial charge in [0.25, 0.3) is 0 Å². The molecule has 1 saturated heterocycles. The Bertz CT molecular complexity index is 832. The van der Waals surface area contributed by atoms with Crippen molar-refractivity contribution in [2.24, 2.45) is 5.92 Å². The van der Waals surface area contributed by atoms with Gasteiger partial charge in [0.15, 0.2) is 0 Å². The van der Waals surface area contributed by atoms with Crippen molar-refractivity contribution in [3.63, 3.8) is 0 Å². The minimum atomic E-state index is -0.353. The number of hydrogen-bond donors (Lipinski definition) is 1. The van der Waals surface area contributed by atoms with Crippen LogP contribution in [0.3, 0.4) is 0 Å². The van der Waals surface area contributed by atoms with E-state index in [0.717, 1.165) is 28.1 Å². The monoisotopic (exact) mass is 352 g/mol. The van der Waals surface area contributed by atoms with Crippen LogP contribution in [0.1, 0.15) is 23.1 Å². The summed E-state index contributed by atoms with van der Waals surface area (Å²) in [6, 6.07) is 13.5. The van der Waals surface area contributed by atoms with Crippen LogP contribution in [0.2, 0.25) is 0 Å². The van der Waals surface area contributed by atoms with Crippen molar-refractivity contribution in [3.8, 4) is 0 Å². The highest BCUT2D eigenvalue weighted by Gasteiger charge is 2.35. The number of benzene rings is 2. The fourth-order valence-corrected chi connectivity index (χ4v) is 3.29. The van der Waals surface area contributed by atoms with Crippen LogP contribution >= 0.6 is 0 Å². The number of hydrogen-bond acceptors (Lipinski definition) is 3. The lowest BCUT2D eigenvalue weighted by molar-refractivity contribution is -0.122. The van der Waals surface area contributed by atoms with Gasteiger partial charge in [0, 0.05) is 31.5 Å². The third-order valence-corrected chi connectivity index (χ3v) is 4.87. The number of ether oxygens (including phenoxy) is 1. The fraction of sp³-hybridized carbons (Fsp3) is 0.333. The van der Waals surface area contributed by atoms with Crippen LogP contribution in [0.4, 0.5) is 11.4 Å². The lowest BCUT2D eigenvalue weighted by atomic mass is 10.1. The van der Waals surface area contributed by atoms with E-state index >= 15 is 0 Å². The summed E-state index contributed by atoms with van der Waals surface area (Å²) < 4.78 is 5.12. The third kappa shape index (κ3) is 3.78. The molecule has 0 spiro atoms. The van der Waals surface area contributed by atoms with E-state index in [1.807, 2.05) is 56.3 Å². The normalized spacial score (nSPS) is 16.8. The van der Waals surface area contributed by atoms with E-state index in [4.69, 9.17) is 4.74 Å². The lowest BCUT2D eigenvalue weighted by Gasteiger charge is -2.20. The van der Waals surface area contributed by atoms with Crippen LogP contribution in [0.25, 0.3) is 0 Å². The molecule has 0 aliphatic carbocycles. The molecule has 1 atom stereocenters. The summed E-state index contributed by atoms with van der Waals surface area (Å²) in [7, 11) is 1.64. The zero-order valence-electron chi connectivity index (χ0n) is 15.4. The molecule has 136 valence electrons. The van der Waals surface area contributed by atoms with Crippen molar-refractivity contribution in [2.75, 3.05) is 23.9 Å². The first-order chi connectivity index (χ1) is 12.5. The molecular formula is C21H24N2O3. The highest BCUT2D eigenvalue weighted by molar-refractivity contribution is 6.03. The van der Waals surface area contributed by atoms with Crippen LogP contribution in [0, 0.1) is 19.8 Å². The molecule has 0 bridgehead atoms. The summed E-state index contributed by atoms with van der Waals surface area (Å²) in [5.74, 6) is -0.485. The predicted octanol–water partition coefficient (Wildman–Crippen LogP) is 3.44. The fourth-order valence-electron chi connectivity index (χ4n) is 3.29. The van der Waals surface area contributed by atoms with Gasteiger partial charge in [-0.2, -0.15) is 0 Å². The smallest absolute Gasteiger partial charge is 0.229 e. The Morgan fingerprint density at radius 1 is 1.23 bits per heavy atom. The average Bonchev–Trinajstić information content (AvgIpc) is 3.00. The highest BCUT2D eigenvalue weighted by Crippen LogP contribution is 2.30. The largest absolute Gasteiger partial charge is 0.380 e. The van der Waals surface area contributed by atoms with Crippen molar-refractivity contribution < 1.29 is 14.3 Å². The van der Waals surface area contributed by atoms with Crippen molar-refractivity contribution in [1.82, 2.24) is 0 Å². The van der Waals surface area contributed by atoms with Gasteiger partial charge in [-0.25, -0.2) is 0 Å². The van der Waals surface area contributed by atoms with Crippen LogP contribution in [-0.4, -0.2) is 25.5 Å². The van der Waals surface area contributed by atoms with Crippen LogP contribution < -0.4 is 10.2 Å². The number of carbonyl (C=O) groups is 2. The third-order valence-electron chi connectivity index (χ3n) is 4.87. The Morgan fingerprint density at radius 3 is 2.77 bits per heavy atom. The number of amides is 2. The first-order valence-electron chi connectivity index (χ1n) is 8.75. The summed E-state index contributed by atoms with van der Waals surface area (Å²) in [5.41, 5.74) is 4.83. The van der Waals surface area contributed by atoms with Crippen molar-refractivity contribution in [1.29, 1.82) is 0 Å². The molecule has 2 amide bonds. The maximum absolute atomic E-state index is 12.6. The second kappa shape index (κ2) is 7.70. The molecule has 1 unspecified atom stereocenters. The number of methoxy groups -OCH3 is 1. The second-order valence-electron chi connectivity index (χ2n) is 6.75. The van der Waals surface area contributed by atoms with E-state index in [1.54, 1.807) is 12.0 Å². The zero-order chi connectivity index (χ0) is 18.7. The van der Waals surface area contributed by atoms with E-state index in [-0.39, 0.29) is 24.2 Å². The molecule has 26 heavy (non-hydrogen) atoms. The molecule has 0 saturated carbocycles. The minimum absolute atomic E-state index is 0.00742. The van der Waals surface area contributed by atoms with E-state index in [0.29, 0.717) is 13.2 Å². The molecule has 1 aliphatic rings. The lowest BCUT2D eigenvalue weighted by Crippen LogP contribution is -2.28. The van der Waals surface area contributed by atoms with E-state index in [1.165, 1.54) is 0 Å². The molecule has 0 radical (unpaired) electrons. The minimum Gasteiger partial charge on any atom is -0.380 e. The molecule has 1 heterocycles. The summed E-state index contributed by atoms with van der Waals surface area (Å²) in [5, 5.41) is 2.93. The molecule has 1 fully saturated rings. The highest BCUT2D eigenvalue weighted by atomic mass is 16.5. The Kier molecular flexibility index (Phi) is 5.38. The summed E-state index contributed by atoms with van der Waals surface area (Å²) in [4.78, 5) is 26.8. The van der Waals surface area contributed by atoms with Gasteiger partial charge in [0.1, 0.15) is 0 Å². The predicted molar refractivity (Wildman–Crippen MR) is 102 cm³/mol. The number of carbonyl (C=O) groups excluding carboxylic acids is 2. The van der Waals surface area contributed by atoms with Gasteiger partial charge >= 0.3 is 0 Å². The first kappa shape index (κ1) is 18.1. The molecule has 2 aromatic carbocycles. The SMILES string of the molecule is COCc1cccc(NC(=O)C2CC(=O)N(c3cccc(C)c3C)C2)c1. The molecular weight excluding hydrogens is 328 g/mol. The summed E-state index contributed by atoms with van der Waals surface area (Å²) in [6.07, 6.45) is 0.233. The van der Waals surface area contributed by atoms with Gasteiger partial charge in [-0.15, -0.1) is 0 Å². The van der Waals surface area contributed by atoms with E-state index in [9.17, 15) is 9.59 Å². The van der Waals surface area contributed by atoms with E-state index < -0.39 is 0 Å². The van der Waals surface area contributed by atoms with Crippen LogP contribution in [0.15, 0.2) is 42.5 Å². The maximum Gasteiger partial charge on any atom is 0.229 e. The maximum atomic E-state index is 12.6. The zero-order valence-corrected chi connectivity index (χ0v) is 15.4. The average molecular weight is 352 g/mol. The molecule has 0 aromatic heterocycles. The molecule has 5 nitrogen and oxygen atoms in total. The van der Waals surface area contributed by atoms with Gasteiger partial charge in [-0.3, -0.25) is 9.59 Å². The summed E-state index contributed by atoms with van der Waals surface area (Å²) in [6.45, 7) is 4.93. The standard InChI is InChI=1S/C21H24N2O3/c1-14-6-4-9-19(15(14)2)23-12-17(11-20(23)24)21(25)22-18-8-5-7-16(10-18)13-26-3/h4-10,17H,11-13H2,1-3H3,(H,22,25). The van der Waals surface area contributed by atoms with Crippen molar-refractivity contribution in [3.05, 3.63) is 59.2 Å². The van der Waals surface area contributed by atoms with Gasteiger partial charge in [-0.1, -0.05) is 24.3 Å². The number of nitrogens with one attached hydrogen (secondary N) is 1. The van der Waals surface area contributed by atoms with Crippen LogP contribution in [-0.2, 0) is 20.9 Å². The molecule has 1 N–H and O–H groups in total.